The first-order chi connectivity index (χ1) is 6.18. The summed E-state index contributed by atoms with van der Waals surface area (Å²) in [6.45, 7) is 0. The van der Waals surface area contributed by atoms with Crippen molar-refractivity contribution in [3.8, 4) is 0 Å². The summed E-state index contributed by atoms with van der Waals surface area (Å²) in [4.78, 5) is 11.7. The highest BCUT2D eigenvalue weighted by Gasteiger charge is 2.31. The Balaban J connectivity index is 2.33. The number of carbonyl (C=O) groups excluding carboxylic acids is 1. The van der Waals surface area contributed by atoms with E-state index in [1.54, 1.807) is 0 Å². The zero-order valence-electron chi connectivity index (χ0n) is 6.89. The zero-order chi connectivity index (χ0) is 9.42. The van der Waals surface area contributed by atoms with Crippen LogP contribution in [-0.4, -0.2) is 5.78 Å². The van der Waals surface area contributed by atoms with Gasteiger partial charge in [0.05, 0.1) is 0 Å². The fourth-order valence-electron chi connectivity index (χ4n) is 1.25. The quantitative estimate of drug-likeness (QED) is 0.760. The maximum Gasteiger partial charge on any atom is 0.167 e. The highest BCUT2D eigenvalue weighted by atomic mass is 79.9. The molecule has 13 heavy (non-hydrogen) atoms. The van der Waals surface area contributed by atoms with Gasteiger partial charge >= 0.3 is 0 Å². The van der Waals surface area contributed by atoms with Crippen LogP contribution in [0, 0.1) is 5.92 Å². The van der Waals surface area contributed by atoms with Crippen molar-refractivity contribution in [2.75, 3.05) is 0 Å². The fourth-order valence-corrected chi connectivity index (χ4v) is 2.50. The summed E-state index contributed by atoms with van der Waals surface area (Å²) < 4.78 is 1.88. The molecule has 0 radical (unpaired) electrons. The van der Waals surface area contributed by atoms with Gasteiger partial charge in [0.15, 0.2) is 5.78 Å². The molecule has 1 nitrogen and oxygen atoms in total. The largest absolute Gasteiger partial charge is 0.294 e. The van der Waals surface area contributed by atoms with Crippen LogP contribution in [0.2, 0.25) is 0 Å². The highest BCUT2D eigenvalue weighted by molar-refractivity contribution is 9.11. The van der Waals surface area contributed by atoms with E-state index in [1.165, 1.54) is 0 Å². The molecule has 3 heteroatoms. The van der Waals surface area contributed by atoms with E-state index in [0.29, 0.717) is 0 Å². The summed E-state index contributed by atoms with van der Waals surface area (Å²) in [7, 11) is 0. The van der Waals surface area contributed by atoms with E-state index >= 15 is 0 Å². The average molecular weight is 304 g/mol. The van der Waals surface area contributed by atoms with Crippen molar-refractivity contribution in [1.82, 2.24) is 0 Å². The Labute approximate surface area is 93.8 Å². The molecule has 0 atom stereocenters. The summed E-state index contributed by atoms with van der Waals surface area (Å²) in [5.74, 6) is 0.567. The SMILES string of the molecule is O=C(c1ccc(Br)cc1Br)C1CC1. The first-order valence-electron chi connectivity index (χ1n) is 4.18. The lowest BCUT2D eigenvalue weighted by atomic mass is 10.1. The number of hydrogen-bond acceptors (Lipinski definition) is 1. The molecule has 0 bridgehead atoms. The number of ketones is 1. The van der Waals surface area contributed by atoms with Gasteiger partial charge < -0.3 is 0 Å². The van der Waals surface area contributed by atoms with Gasteiger partial charge in [0.25, 0.3) is 0 Å². The Hall–Kier alpha value is -0.150. The highest BCUT2D eigenvalue weighted by Crippen LogP contribution is 2.35. The van der Waals surface area contributed by atoms with E-state index in [0.717, 1.165) is 27.4 Å². The van der Waals surface area contributed by atoms with Gasteiger partial charge in [0.2, 0.25) is 0 Å². The third-order valence-corrected chi connectivity index (χ3v) is 3.29. The van der Waals surface area contributed by atoms with Crippen molar-refractivity contribution >= 4 is 37.6 Å². The van der Waals surface area contributed by atoms with Crippen molar-refractivity contribution in [3.05, 3.63) is 32.7 Å². The van der Waals surface area contributed by atoms with Crippen LogP contribution in [0.25, 0.3) is 0 Å². The van der Waals surface area contributed by atoms with Crippen molar-refractivity contribution in [2.45, 2.75) is 12.8 Å². The molecule has 2 rings (SSSR count). The molecule has 0 N–H and O–H groups in total. The van der Waals surface area contributed by atoms with Crippen LogP contribution in [0.15, 0.2) is 27.1 Å². The minimum Gasteiger partial charge on any atom is -0.294 e. The number of carbonyl (C=O) groups is 1. The predicted molar refractivity (Wildman–Crippen MR) is 58.9 cm³/mol. The van der Waals surface area contributed by atoms with E-state index in [4.69, 9.17) is 0 Å². The number of halogens is 2. The lowest BCUT2D eigenvalue weighted by molar-refractivity contribution is 0.0967. The molecular weight excluding hydrogens is 296 g/mol. The Morgan fingerprint density at radius 3 is 2.54 bits per heavy atom. The molecule has 0 heterocycles. The van der Waals surface area contributed by atoms with Crippen LogP contribution in [0.3, 0.4) is 0 Å². The van der Waals surface area contributed by atoms with Gasteiger partial charge in [0, 0.05) is 20.4 Å². The fraction of sp³-hybridized carbons (Fsp3) is 0.300. The summed E-state index contributed by atoms with van der Waals surface area (Å²) in [6, 6.07) is 5.69. The predicted octanol–water partition coefficient (Wildman–Crippen LogP) is 3.80. The third-order valence-electron chi connectivity index (χ3n) is 2.14. The van der Waals surface area contributed by atoms with E-state index in [9.17, 15) is 4.79 Å². The second-order valence-corrected chi connectivity index (χ2v) is 5.03. The van der Waals surface area contributed by atoms with Gasteiger partial charge in [-0.25, -0.2) is 0 Å². The van der Waals surface area contributed by atoms with Gasteiger partial charge in [0.1, 0.15) is 0 Å². The zero-order valence-corrected chi connectivity index (χ0v) is 10.1. The monoisotopic (exact) mass is 302 g/mol. The van der Waals surface area contributed by atoms with Crippen molar-refractivity contribution in [1.29, 1.82) is 0 Å². The Kier molecular flexibility index (Phi) is 2.56. The summed E-state index contributed by atoms with van der Waals surface area (Å²) in [5, 5.41) is 0. The number of benzene rings is 1. The van der Waals surface area contributed by atoms with Gasteiger partial charge in [-0.1, -0.05) is 31.9 Å². The first kappa shape index (κ1) is 9.41. The summed E-state index contributed by atoms with van der Waals surface area (Å²) in [6.07, 6.45) is 2.11. The molecule has 0 unspecified atom stereocenters. The Morgan fingerprint density at radius 1 is 1.31 bits per heavy atom. The van der Waals surface area contributed by atoms with Crippen LogP contribution >= 0.6 is 31.9 Å². The number of Topliss-reactive ketones (excluding diaryl/α,β-unsaturated/α-hetero) is 1. The maximum atomic E-state index is 11.7. The van der Waals surface area contributed by atoms with E-state index in [1.807, 2.05) is 18.2 Å². The van der Waals surface area contributed by atoms with Gasteiger partial charge in [-0.15, -0.1) is 0 Å². The van der Waals surface area contributed by atoms with E-state index in [2.05, 4.69) is 31.9 Å². The number of rotatable bonds is 2. The van der Waals surface area contributed by atoms with Crippen LogP contribution in [-0.2, 0) is 0 Å². The topological polar surface area (TPSA) is 17.1 Å². The normalized spacial score (nSPS) is 15.8. The lowest BCUT2D eigenvalue weighted by Crippen LogP contribution is -2.01. The van der Waals surface area contributed by atoms with Crippen LogP contribution in [0.4, 0.5) is 0 Å². The molecule has 1 aromatic rings. The molecule has 0 spiro atoms. The molecule has 1 fully saturated rings. The molecule has 1 aliphatic carbocycles. The minimum absolute atomic E-state index is 0.277. The Morgan fingerprint density at radius 2 is 2.00 bits per heavy atom. The molecule has 1 aliphatic rings. The van der Waals surface area contributed by atoms with Crippen LogP contribution in [0.1, 0.15) is 23.2 Å². The minimum atomic E-state index is 0.277. The molecule has 1 aromatic carbocycles. The first-order valence-corrected chi connectivity index (χ1v) is 5.76. The molecule has 0 amide bonds. The van der Waals surface area contributed by atoms with Crippen LogP contribution in [0.5, 0.6) is 0 Å². The Bertz CT molecular complexity index is 356. The van der Waals surface area contributed by atoms with Crippen molar-refractivity contribution < 1.29 is 4.79 Å². The van der Waals surface area contributed by atoms with Gasteiger partial charge in [-0.2, -0.15) is 0 Å². The molecule has 0 aliphatic heterocycles. The van der Waals surface area contributed by atoms with Crippen molar-refractivity contribution in [2.24, 2.45) is 5.92 Å². The molecular formula is C10H8Br2O. The van der Waals surface area contributed by atoms with Gasteiger partial charge in [-0.3, -0.25) is 4.79 Å². The molecule has 0 saturated heterocycles. The molecule has 1 saturated carbocycles. The third kappa shape index (κ3) is 2.02. The molecule has 0 aromatic heterocycles. The van der Waals surface area contributed by atoms with E-state index in [-0.39, 0.29) is 11.7 Å². The van der Waals surface area contributed by atoms with Crippen molar-refractivity contribution in [3.63, 3.8) is 0 Å². The maximum absolute atomic E-state index is 11.7. The molecule has 68 valence electrons. The number of hydrogen-bond donors (Lipinski definition) is 0. The second-order valence-electron chi connectivity index (χ2n) is 3.26. The summed E-state index contributed by atoms with van der Waals surface area (Å²) in [5.41, 5.74) is 0.811. The smallest absolute Gasteiger partial charge is 0.167 e. The second kappa shape index (κ2) is 3.54. The van der Waals surface area contributed by atoms with Crippen LogP contribution < -0.4 is 0 Å². The average Bonchev–Trinajstić information content (AvgIpc) is 2.85. The standard InChI is InChI=1S/C10H8Br2O/c11-7-3-4-8(9(12)5-7)10(13)6-1-2-6/h3-6H,1-2H2. The van der Waals surface area contributed by atoms with E-state index < -0.39 is 0 Å². The lowest BCUT2D eigenvalue weighted by Gasteiger charge is -2.02. The van der Waals surface area contributed by atoms with Gasteiger partial charge in [-0.05, 0) is 31.0 Å². The summed E-state index contributed by atoms with van der Waals surface area (Å²) >= 11 is 6.75.